The van der Waals surface area contributed by atoms with Crippen molar-refractivity contribution in [1.29, 1.82) is 0 Å². The Morgan fingerprint density at radius 2 is 1.96 bits per heavy atom. The number of aliphatic imine (C=N–C) groups is 1. The number of ether oxygens (including phenoxy) is 1. The van der Waals surface area contributed by atoms with Crippen LogP contribution in [-0.2, 0) is 4.74 Å². The monoisotopic (exact) mass is 381 g/mol. The van der Waals surface area contributed by atoms with Crippen molar-refractivity contribution in [3.05, 3.63) is 52.1 Å². The van der Waals surface area contributed by atoms with Gasteiger partial charge >= 0.3 is 0 Å². The Labute approximate surface area is 159 Å². The molecule has 1 unspecified atom stereocenters. The zero-order valence-corrected chi connectivity index (χ0v) is 15.7. The molecule has 1 aromatic carbocycles. The number of benzene rings is 1. The van der Waals surface area contributed by atoms with Gasteiger partial charge in [0.05, 0.1) is 32.9 Å². The van der Waals surface area contributed by atoms with Gasteiger partial charge in [-0.2, -0.15) is 0 Å². The third kappa shape index (κ3) is 2.89. The summed E-state index contributed by atoms with van der Waals surface area (Å²) in [5.41, 5.74) is 3.38. The van der Waals surface area contributed by atoms with Crippen molar-refractivity contribution in [3.63, 3.8) is 0 Å². The Morgan fingerprint density at radius 3 is 2.78 bits per heavy atom. The molecule has 1 atom stereocenters. The van der Waals surface area contributed by atoms with Gasteiger partial charge in [-0.15, -0.1) is 0 Å². The minimum Gasteiger partial charge on any atom is -0.381 e. The highest BCUT2D eigenvalue weighted by Crippen LogP contribution is 2.45. The van der Waals surface area contributed by atoms with Gasteiger partial charge in [0, 0.05) is 25.6 Å². The van der Waals surface area contributed by atoms with E-state index in [0.29, 0.717) is 13.2 Å². The maximum absolute atomic E-state index is 12.9. The molecular formula is C19H19N5O2S. The fraction of sp³-hybridized carbons (Fsp3) is 0.368. The molecule has 3 aromatic rings. The van der Waals surface area contributed by atoms with Crippen molar-refractivity contribution in [2.24, 2.45) is 4.99 Å². The van der Waals surface area contributed by atoms with E-state index in [-0.39, 0.29) is 16.9 Å². The van der Waals surface area contributed by atoms with Gasteiger partial charge in [-0.1, -0.05) is 17.8 Å². The van der Waals surface area contributed by atoms with Gasteiger partial charge in [0.2, 0.25) is 0 Å². The Hall–Kier alpha value is -2.45. The number of nitrogens with one attached hydrogen (secondary N) is 1. The molecule has 1 fully saturated rings. The summed E-state index contributed by atoms with van der Waals surface area (Å²) in [6, 6.07) is 6.23. The SMILES string of the molecule is CC1=Nc2c(c(=O)[nH]n2C2CCOCC2)C(c2ccc3nccnc3c2)S1. The van der Waals surface area contributed by atoms with E-state index < -0.39 is 0 Å². The maximum Gasteiger partial charge on any atom is 0.271 e. The summed E-state index contributed by atoms with van der Waals surface area (Å²) in [7, 11) is 0. The highest BCUT2D eigenvalue weighted by Gasteiger charge is 2.32. The van der Waals surface area contributed by atoms with E-state index in [0.717, 1.165) is 45.9 Å². The number of hydrogen-bond acceptors (Lipinski definition) is 6. The highest BCUT2D eigenvalue weighted by atomic mass is 32.2. The fourth-order valence-electron chi connectivity index (χ4n) is 3.79. The number of aromatic nitrogens is 4. The van der Waals surface area contributed by atoms with E-state index in [9.17, 15) is 4.79 Å². The second-order valence-corrected chi connectivity index (χ2v) is 8.12. The lowest BCUT2D eigenvalue weighted by Gasteiger charge is -2.26. The summed E-state index contributed by atoms with van der Waals surface area (Å²) in [6.07, 6.45) is 5.14. The van der Waals surface area contributed by atoms with Gasteiger partial charge in [0.15, 0.2) is 5.82 Å². The van der Waals surface area contributed by atoms with Crippen LogP contribution < -0.4 is 5.56 Å². The molecule has 0 bridgehead atoms. The number of aromatic amines is 1. The van der Waals surface area contributed by atoms with Crippen LogP contribution in [0.3, 0.4) is 0 Å². The molecule has 0 amide bonds. The van der Waals surface area contributed by atoms with E-state index in [1.165, 1.54) is 0 Å². The number of thioether (sulfide) groups is 1. The predicted octanol–water partition coefficient (Wildman–Crippen LogP) is 3.36. The minimum absolute atomic E-state index is 0.0653. The fourth-order valence-corrected chi connectivity index (χ4v) is 4.89. The number of nitrogens with zero attached hydrogens (tertiary/aromatic N) is 4. The van der Waals surface area contributed by atoms with Crippen LogP contribution in [0.25, 0.3) is 11.0 Å². The average molecular weight is 381 g/mol. The smallest absolute Gasteiger partial charge is 0.271 e. The Bertz CT molecular complexity index is 1100. The van der Waals surface area contributed by atoms with Crippen molar-refractivity contribution in [3.8, 4) is 0 Å². The first kappa shape index (κ1) is 16.7. The second-order valence-electron chi connectivity index (χ2n) is 6.82. The molecule has 1 N–H and O–H groups in total. The summed E-state index contributed by atoms with van der Waals surface area (Å²) in [5.74, 6) is 0.757. The number of hydrogen-bond donors (Lipinski definition) is 1. The number of rotatable bonds is 2. The van der Waals surface area contributed by atoms with E-state index in [1.807, 2.05) is 29.8 Å². The molecule has 0 radical (unpaired) electrons. The lowest BCUT2D eigenvalue weighted by molar-refractivity contribution is 0.0666. The largest absolute Gasteiger partial charge is 0.381 e. The lowest BCUT2D eigenvalue weighted by Crippen LogP contribution is -2.21. The molecule has 7 nitrogen and oxygen atoms in total. The molecule has 0 aliphatic carbocycles. The van der Waals surface area contributed by atoms with Crippen molar-refractivity contribution in [2.75, 3.05) is 13.2 Å². The predicted molar refractivity (Wildman–Crippen MR) is 106 cm³/mol. The standard InChI is InChI=1S/C19H19N5O2S/c1-11-22-18-16(19(25)23-24(18)13-4-8-26-9-5-13)17(27-11)12-2-3-14-15(10-12)21-7-6-20-14/h2-3,6-7,10,13,17H,4-5,8-9H2,1H3,(H,23,25). The zero-order valence-electron chi connectivity index (χ0n) is 14.9. The third-order valence-electron chi connectivity index (χ3n) is 5.10. The maximum atomic E-state index is 12.9. The Morgan fingerprint density at radius 1 is 1.19 bits per heavy atom. The second kappa shape index (κ2) is 6.61. The van der Waals surface area contributed by atoms with Crippen molar-refractivity contribution < 1.29 is 4.74 Å². The molecule has 138 valence electrons. The first-order valence-electron chi connectivity index (χ1n) is 9.05. The number of H-pyrrole nitrogens is 1. The summed E-state index contributed by atoms with van der Waals surface area (Å²) in [5, 5.41) is 3.89. The lowest BCUT2D eigenvalue weighted by atomic mass is 10.0. The topological polar surface area (TPSA) is 85.2 Å². The van der Waals surface area contributed by atoms with E-state index in [4.69, 9.17) is 9.73 Å². The van der Waals surface area contributed by atoms with Crippen LogP contribution >= 0.6 is 11.8 Å². The van der Waals surface area contributed by atoms with Crippen LogP contribution in [0.2, 0.25) is 0 Å². The molecule has 4 heterocycles. The first-order chi connectivity index (χ1) is 13.2. The molecule has 0 spiro atoms. The molecule has 5 rings (SSSR count). The van der Waals surface area contributed by atoms with Crippen molar-refractivity contribution in [1.82, 2.24) is 19.7 Å². The minimum atomic E-state index is -0.103. The van der Waals surface area contributed by atoms with E-state index in [2.05, 4.69) is 15.1 Å². The van der Waals surface area contributed by atoms with Crippen molar-refractivity contribution >= 4 is 33.7 Å². The van der Waals surface area contributed by atoms with Gasteiger partial charge < -0.3 is 4.74 Å². The number of fused-ring (bicyclic) bond motifs is 2. The van der Waals surface area contributed by atoms with Gasteiger partial charge in [-0.3, -0.25) is 24.5 Å². The van der Waals surface area contributed by atoms with Gasteiger partial charge in [0.25, 0.3) is 5.56 Å². The Balaban J connectivity index is 1.63. The normalized spacial score (nSPS) is 20.5. The van der Waals surface area contributed by atoms with Crippen LogP contribution in [0.15, 0.2) is 40.4 Å². The molecule has 1 saturated heterocycles. The van der Waals surface area contributed by atoms with Crippen LogP contribution in [0, 0.1) is 0 Å². The molecule has 2 aromatic heterocycles. The van der Waals surface area contributed by atoms with Crippen LogP contribution in [0.5, 0.6) is 0 Å². The van der Waals surface area contributed by atoms with Gasteiger partial charge in [0.1, 0.15) is 0 Å². The quantitative estimate of drug-likeness (QED) is 0.736. The van der Waals surface area contributed by atoms with Crippen LogP contribution in [-0.4, -0.2) is 38.0 Å². The van der Waals surface area contributed by atoms with Crippen LogP contribution in [0.1, 0.15) is 42.2 Å². The van der Waals surface area contributed by atoms with Crippen LogP contribution in [0.4, 0.5) is 5.82 Å². The molecule has 8 heteroatoms. The van der Waals surface area contributed by atoms with E-state index in [1.54, 1.807) is 24.2 Å². The average Bonchev–Trinajstić information content (AvgIpc) is 3.04. The zero-order chi connectivity index (χ0) is 18.4. The molecule has 2 aliphatic heterocycles. The summed E-state index contributed by atoms with van der Waals surface area (Å²) < 4.78 is 7.42. The Kier molecular flexibility index (Phi) is 4.09. The van der Waals surface area contributed by atoms with E-state index >= 15 is 0 Å². The highest BCUT2D eigenvalue weighted by molar-refractivity contribution is 8.14. The third-order valence-corrected chi connectivity index (χ3v) is 6.28. The van der Waals surface area contributed by atoms with Gasteiger partial charge in [-0.05, 0) is 37.5 Å². The summed E-state index contributed by atoms with van der Waals surface area (Å²) in [4.78, 5) is 26.3. The molecule has 0 saturated carbocycles. The summed E-state index contributed by atoms with van der Waals surface area (Å²) in [6.45, 7) is 3.42. The van der Waals surface area contributed by atoms with Crippen molar-refractivity contribution in [2.45, 2.75) is 31.1 Å². The molecule has 2 aliphatic rings. The first-order valence-corrected chi connectivity index (χ1v) is 9.93. The van der Waals surface area contributed by atoms with Gasteiger partial charge in [-0.25, -0.2) is 4.99 Å². The molecular weight excluding hydrogens is 362 g/mol. The summed E-state index contributed by atoms with van der Waals surface area (Å²) >= 11 is 1.61. The molecule has 27 heavy (non-hydrogen) atoms.